The van der Waals surface area contributed by atoms with Crippen molar-refractivity contribution in [3.63, 3.8) is 0 Å². The Morgan fingerprint density at radius 1 is 0.963 bits per heavy atom. The molecule has 0 N–H and O–H groups in total. The number of ether oxygens (including phenoxy) is 2. The summed E-state index contributed by atoms with van der Waals surface area (Å²) in [6.45, 7) is 0. The van der Waals surface area contributed by atoms with E-state index in [9.17, 15) is 10.1 Å². The number of nitrogens with zero attached hydrogens (tertiary/aromatic N) is 1. The molecule has 0 saturated heterocycles. The third kappa shape index (κ3) is 4.42. The smallest absolute Gasteiger partial charge is 0.347 e. The number of nitriles is 1. The molecule has 0 aliphatic carbocycles. The Hall–Kier alpha value is -3.84. The van der Waals surface area contributed by atoms with Gasteiger partial charge in [0.2, 0.25) is 0 Å². The third-order valence-corrected chi connectivity index (χ3v) is 3.91. The second kappa shape index (κ2) is 8.50. The standard InChI is InChI=1S/C23H17NO3/c1-26-22-13-6-5-12-21(22)23(25)27-20-11-7-8-17(15-20)14-19(16-24)18-9-3-2-4-10-18/h2-15H,1H3/b19-14-. The van der Waals surface area contributed by atoms with Crippen LogP contribution in [0.2, 0.25) is 0 Å². The second-order valence-corrected chi connectivity index (χ2v) is 5.70. The van der Waals surface area contributed by atoms with Crippen LogP contribution >= 0.6 is 0 Å². The summed E-state index contributed by atoms with van der Waals surface area (Å²) in [7, 11) is 1.50. The maximum Gasteiger partial charge on any atom is 0.347 e. The van der Waals surface area contributed by atoms with Crippen LogP contribution in [0.1, 0.15) is 21.5 Å². The van der Waals surface area contributed by atoms with Gasteiger partial charge in [-0.3, -0.25) is 0 Å². The first-order chi connectivity index (χ1) is 13.2. The highest BCUT2D eigenvalue weighted by Gasteiger charge is 2.14. The van der Waals surface area contributed by atoms with E-state index >= 15 is 0 Å². The molecule has 3 aromatic carbocycles. The van der Waals surface area contributed by atoms with Crippen molar-refractivity contribution in [3.05, 3.63) is 95.6 Å². The number of benzene rings is 3. The predicted octanol–water partition coefficient (Wildman–Crippen LogP) is 4.98. The average Bonchev–Trinajstić information content (AvgIpc) is 2.73. The summed E-state index contributed by atoms with van der Waals surface area (Å²) in [5.41, 5.74) is 2.48. The number of methoxy groups -OCH3 is 1. The zero-order valence-electron chi connectivity index (χ0n) is 14.8. The van der Waals surface area contributed by atoms with Gasteiger partial charge in [-0.25, -0.2) is 4.79 Å². The molecule has 0 unspecified atom stereocenters. The summed E-state index contributed by atoms with van der Waals surface area (Å²) >= 11 is 0. The van der Waals surface area contributed by atoms with Gasteiger partial charge < -0.3 is 9.47 Å². The number of esters is 1. The van der Waals surface area contributed by atoms with Crippen molar-refractivity contribution in [2.24, 2.45) is 0 Å². The first kappa shape index (κ1) is 18.0. The molecule has 0 amide bonds. The number of para-hydroxylation sites is 1. The first-order valence-electron chi connectivity index (χ1n) is 8.34. The first-order valence-corrected chi connectivity index (χ1v) is 8.34. The molecule has 0 heterocycles. The lowest BCUT2D eigenvalue weighted by Crippen LogP contribution is -2.10. The molecule has 132 valence electrons. The van der Waals surface area contributed by atoms with Crippen molar-refractivity contribution >= 4 is 17.6 Å². The minimum atomic E-state index is -0.503. The largest absolute Gasteiger partial charge is 0.496 e. The molecule has 4 heteroatoms. The molecular formula is C23H17NO3. The van der Waals surface area contributed by atoms with Gasteiger partial charge in [0.05, 0.1) is 18.8 Å². The summed E-state index contributed by atoms with van der Waals surface area (Å²) < 4.78 is 10.7. The zero-order chi connectivity index (χ0) is 19.1. The van der Waals surface area contributed by atoms with Crippen LogP contribution in [-0.2, 0) is 0 Å². The molecular weight excluding hydrogens is 338 g/mol. The summed E-state index contributed by atoms with van der Waals surface area (Å²) in [5.74, 6) is 0.344. The molecule has 3 aromatic rings. The molecule has 0 saturated carbocycles. The second-order valence-electron chi connectivity index (χ2n) is 5.70. The lowest BCUT2D eigenvalue weighted by atomic mass is 10.0. The number of carbonyl (C=O) groups excluding carboxylic acids is 1. The van der Waals surface area contributed by atoms with E-state index in [1.165, 1.54) is 7.11 Å². The predicted molar refractivity (Wildman–Crippen MR) is 104 cm³/mol. The normalized spacial score (nSPS) is 10.7. The Labute approximate surface area is 157 Å². The van der Waals surface area contributed by atoms with Crippen LogP contribution in [0.5, 0.6) is 11.5 Å². The van der Waals surface area contributed by atoms with E-state index in [1.54, 1.807) is 48.5 Å². The SMILES string of the molecule is COc1ccccc1C(=O)Oc1cccc(/C=C(/C#N)c2ccccc2)c1. The summed E-state index contributed by atoms with van der Waals surface area (Å²) in [6.07, 6.45) is 1.76. The van der Waals surface area contributed by atoms with Crippen LogP contribution in [0.15, 0.2) is 78.9 Å². The summed E-state index contributed by atoms with van der Waals surface area (Å²) in [6, 6.07) is 25.5. The van der Waals surface area contributed by atoms with Crippen LogP contribution < -0.4 is 9.47 Å². The van der Waals surface area contributed by atoms with Gasteiger partial charge in [-0.2, -0.15) is 5.26 Å². The van der Waals surface area contributed by atoms with Crippen LogP contribution in [0.4, 0.5) is 0 Å². The van der Waals surface area contributed by atoms with E-state index in [-0.39, 0.29) is 0 Å². The van der Waals surface area contributed by atoms with Gasteiger partial charge in [-0.15, -0.1) is 0 Å². The van der Waals surface area contributed by atoms with Crippen molar-refractivity contribution in [1.29, 1.82) is 5.26 Å². The van der Waals surface area contributed by atoms with Crippen molar-refractivity contribution in [2.45, 2.75) is 0 Å². The van der Waals surface area contributed by atoms with Crippen LogP contribution in [0.3, 0.4) is 0 Å². The van der Waals surface area contributed by atoms with E-state index in [1.807, 2.05) is 36.4 Å². The number of allylic oxidation sites excluding steroid dienone is 1. The minimum Gasteiger partial charge on any atom is -0.496 e. The highest BCUT2D eigenvalue weighted by molar-refractivity contribution is 5.94. The van der Waals surface area contributed by atoms with Gasteiger partial charge in [0.25, 0.3) is 0 Å². The highest BCUT2D eigenvalue weighted by atomic mass is 16.5. The zero-order valence-corrected chi connectivity index (χ0v) is 14.8. The van der Waals surface area contributed by atoms with Crippen molar-refractivity contribution in [3.8, 4) is 17.6 Å². The number of rotatable bonds is 5. The molecule has 0 aliphatic heterocycles. The quantitative estimate of drug-likeness (QED) is 0.280. The number of carbonyl (C=O) groups is 1. The van der Waals surface area contributed by atoms with Gasteiger partial charge >= 0.3 is 5.97 Å². The summed E-state index contributed by atoms with van der Waals surface area (Å²) in [5, 5.41) is 9.44. The van der Waals surface area contributed by atoms with E-state index < -0.39 is 5.97 Å². The fraction of sp³-hybridized carbons (Fsp3) is 0.0435. The van der Waals surface area contributed by atoms with Gasteiger partial charge in [0.1, 0.15) is 17.1 Å². The van der Waals surface area contributed by atoms with Gasteiger partial charge in [-0.05, 0) is 41.5 Å². The Morgan fingerprint density at radius 2 is 1.70 bits per heavy atom. The Kier molecular flexibility index (Phi) is 5.66. The fourth-order valence-corrected chi connectivity index (χ4v) is 2.61. The van der Waals surface area contributed by atoms with Gasteiger partial charge in [0, 0.05) is 0 Å². The van der Waals surface area contributed by atoms with Gasteiger partial charge in [-0.1, -0.05) is 54.6 Å². The van der Waals surface area contributed by atoms with Crippen molar-refractivity contribution in [2.75, 3.05) is 7.11 Å². The maximum absolute atomic E-state index is 12.4. The van der Waals surface area contributed by atoms with Gasteiger partial charge in [0.15, 0.2) is 0 Å². The van der Waals surface area contributed by atoms with Crippen LogP contribution in [-0.4, -0.2) is 13.1 Å². The molecule has 27 heavy (non-hydrogen) atoms. The third-order valence-electron chi connectivity index (χ3n) is 3.91. The van der Waals surface area contributed by atoms with E-state index in [2.05, 4.69) is 6.07 Å². The van der Waals surface area contributed by atoms with Crippen LogP contribution in [0, 0.1) is 11.3 Å². The molecule has 0 aliphatic rings. The minimum absolute atomic E-state index is 0.350. The van der Waals surface area contributed by atoms with Crippen LogP contribution in [0.25, 0.3) is 11.6 Å². The molecule has 3 rings (SSSR count). The maximum atomic E-state index is 12.4. The number of hydrogen-bond donors (Lipinski definition) is 0. The molecule has 0 bridgehead atoms. The number of hydrogen-bond acceptors (Lipinski definition) is 4. The van der Waals surface area contributed by atoms with Crippen molar-refractivity contribution < 1.29 is 14.3 Å². The average molecular weight is 355 g/mol. The molecule has 0 spiro atoms. The van der Waals surface area contributed by atoms with E-state index in [4.69, 9.17) is 9.47 Å². The molecule has 0 fully saturated rings. The lowest BCUT2D eigenvalue weighted by molar-refractivity contribution is 0.0731. The Balaban J connectivity index is 1.85. The lowest BCUT2D eigenvalue weighted by Gasteiger charge is -2.08. The van der Waals surface area contributed by atoms with Crippen molar-refractivity contribution in [1.82, 2.24) is 0 Å². The monoisotopic (exact) mass is 355 g/mol. The molecule has 0 aromatic heterocycles. The Morgan fingerprint density at radius 3 is 2.44 bits per heavy atom. The van der Waals surface area contributed by atoms with E-state index in [0.29, 0.717) is 22.6 Å². The van der Waals surface area contributed by atoms with E-state index in [0.717, 1.165) is 11.1 Å². The molecule has 0 radical (unpaired) electrons. The molecule has 0 atom stereocenters. The Bertz CT molecular complexity index is 1020. The fourth-order valence-electron chi connectivity index (χ4n) is 2.61. The molecule has 4 nitrogen and oxygen atoms in total. The topological polar surface area (TPSA) is 59.3 Å². The highest BCUT2D eigenvalue weighted by Crippen LogP contribution is 2.23. The summed E-state index contributed by atoms with van der Waals surface area (Å²) in [4.78, 5) is 12.4.